The number of pyridine rings is 1. The molecule has 1 heterocycles. The molecule has 0 saturated heterocycles. The molecule has 1 amide bonds. The van der Waals surface area contributed by atoms with E-state index in [1.54, 1.807) is 12.3 Å². The molecule has 0 aliphatic carbocycles. The molecular weight excluding hydrogens is 252 g/mol. The Bertz CT molecular complexity index is 418. The maximum Gasteiger partial charge on any atom is 0.269 e. The second kappa shape index (κ2) is 8.53. The molecule has 1 rings (SSSR count). The Morgan fingerprint density at radius 3 is 2.65 bits per heavy atom. The second-order valence-corrected chi connectivity index (χ2v) is 4.91. The van der Waals surface area contributed by atoms with Crippen molar-refractivity contribution >= 4 is 11.6 Å². The van der Waals surface area contributed by atoms with Crippen LogP contribution in [0.25, 0.3) is 0 Å². The number of hydrogen-bond donors (Lipinski definition) is 3. The maximum absolute atomic E-state index is 11.7. The minimum atomic E-state index is -0.152. The summed E-state index contributed by atoms with van der Waals surface area (Å²) in [6.07, 6.45) is 3.80. The molecule has 0 saturated carbocycles. The first-order valence-corrected chi connectivity index (χ1v) is 7.36. The van der Waals surface area contributed by atoms with Crippen LogP contribution in [0, 0.1) is 5.92 Å². The molecule has 0 bridgehead atoms. The molecular formula is C15H26N4O. The van der Waals surface area contributed by atoms with E-state index < -0.39 is 0 Å². The fourth-order valence-electron chi connectivity index (χ4n) is 2.21. The van der Waals surface area contributed by atoms with Gasteiger partial charge in [-0.3, -0.25) is 9.78 Å². The minimum absolute atomic E-state index is 0.117. The first kappa shape index (κ1) is 16.4. The van der Waals surface area contributed by atoms with E-state index in [4.69, 9.17) is 5.73 Å². The summed E-state index contributed by atoms with van der Waals surface area (Å²) in [7, 11) is 0. The normalized spacial score (nSPS) is 12.2. The summed E-state index contributed by atoms with van der Waals surface area (Å²) < 4.78 is 0. The van der Waals surface area contributed by atoms with Gasteiger partial charge in [0.15, 0.2) is 0 Å². The number of anilines is 1. The summed E-state index contributed by atoms with van der Waals surface area (Å²) >= 11 is 0. The van der Waals surface area contributed by atoms with Crippen molar-refractivity contribution in [1.29, 1.82) is 0 Å². The summed E-state index contributed by atoms with van der Waals surface area (Å²) in [5.74, 6) is 0.368. The average molecular weight is 278 g/mol. The lowest BCUT2D eigenvalue weighted by Gasteiger charge is -2.22. The highest BCUT2D eigenvalue weighted by Gasteiger charge is 2.14. The van der Waals surface area contributed by atoms with Crippen molar-refractivity contribution in [2.24, 2.45) is 11.7 Å². The molecule has 0 aliphatic heterocycles. The lowest BCUT2D eigenvalue weighted by Crippen LogP contribution is -2.36. The van der Waals surface area contributed by atoms with Gasteiger partial charge in [-0.05, 0) is 25.0 Å². The van der Waals surface area contributed by atoms with Gasteiger partial charge in [-0.15, -0.1) is 0 Å². The Balaban J connectivity index is 2.60. The monoisotopic (exact) mass is 278 g/mol. The lowest BCUT2D eigenvalue weighted by atomic mass is 9.95. The lowest BCUT2D eigenvalue weighted by molar-refractivity contribution is 0.0951. The highest BCUT2D eigenvalue weighted by Crippen LogP contribution is 2.13. The number of nitrogens with zero attached hydrogens (tertiary/aromatic N) is 1. The molecule has 20 heavy (non-hydrogen) atoms. The summed E-state index contributed by atoms with van der Waals surface area (Å²) in [6.45, 7) is 7.50. The molecule has 0 spiro atoms. The Kier molecular flexibility index (Phi) is 7.01. The quantitative estimate of drug-likeness (QED) is 0.679. The standard InChI is InChI=1S/C15H26N4O/c1-4-11(5-2)13(16)10-19-12-7-8-18-14(9-12)15(20)17-6-3/h7-9,11,13H,4-6,10,16H2,1-3H3,(H,17,20)(H,18,19). The highest BCUT2D eigenvalue weighted by atomic mass is 16.1. The third-order valence-electron chi connectivity index (χ3n) is 3.53. The van der Waals surface area contributed by atoms with E-state index in [0.29, 0.717) is 24.7 Å². The van der Waals surface area contributed by atoms with E-state index in [1.807, 2.05) is 13.0 Å². The molecule has 0 fully saturated rings. The van der Waals surface area contributed by atoms with Crippen LogP contribution >= 0.6 is 0 Å². The number of nitrogens with two attached hydrogens (primary N) is 1. The van der Waals surface area contributed by atoms with Crippen molar-refractivity contribution < 1.29 is 4.79 Å². The smallest absolute Gasteiger partial charge is 0.269 e. The van der Waals surface area contributed by atoms with E-state index in [2.05, 4.69) is 29.5 Å². The predicted molar refractivity (Wildman–Crippen MR) is 82.8 cm³/mol. The average Bonchev–Trinajstić information content (AvgIpc) is 2.47. The molecule has 1 aromatic rings. The Morgan fingerprint density at radius 1 is 1.35 bits per heavy atom. The highest BCUT2D eigenvalue weighted by molar-refractivity contribution is 5.93. The van der Waals surface area contributed by atoms with Gasteiger partial charge in [-0.25, -0.2) is 0 Å². The second-order valence-electron chi connectivity index (χ2n) is 4.91. The third kappa shape index (κ3) is 4.81. The van der Waals surface area contributed by atoms with E-state index in [0.717, 1.165) is 18.5 Å². The largest absolute Gasteiger partial charge is 0.383 e. The zero-order valence-corrected chi connectivity index (χ0v) is 12.6. The molecule has 1 aromatic heterocycles. The number of aromatic nitrogens is 1. The van der Waals surface area contributed by atoms with Gasteiger partial charge in [-0.1, -0.05) is 26.7 Å². The van der Waals surface area contributed by atoms with Gasteiger partial charge in [0.2, 0.25) is 0 Å². The molecule has 0 aromatic carbocycles. The summed E-state index contributed by atoms with van der Waals surface area (Å²) in [5.41, 5.74) is 7.48. The zero-order chi connectivity index (χ0) is 15.0. The molecule has 0 radical (unpaired) electrons. The first-order valence-electron chi connectivity index (χ1n) is 7.36. The summed E-state index contributed by atoms with van der Waals surface area (Å²) in [6, 6.07) is 3.72. The van der Waals surface area contributed by atoms with E-state index >= 15 is 0 Å². The van der Waals surface area contributed by atoms with Crippen molar-refractivity contribution in [1.82, 2.24) is 10.3 Å². The van der Waals surface area contributed by atoms with E-state index in [9.17, 15) is 4.79 Å². The third-order valence-corrected chi connectivity index (χ3v) is 3.53. The number of carbonyl (C=O) groups excluding carboxylic acids is 1. The van der Waals surface area contributed by atoms with Crippen LogP contribution < -0.4 is 16.4 Å². The Labute approximate surface area is 121 Å². The molecule has 1 unspecified atom stereocenters. The van der Waals surface area contributed by atoms with Crippen molar-refractivity contribution in [2.75, 3.05) is 18.4 Å². The maximum atomic E-state index is 11.7. The SMILES string of the molecule is CCNC(=O)c1cc(NCC(N)C(CC)CC)ccn1. The number of carbonyl (C=O) groups is 1. The van der Waals surface area contributed by atoms with Crippen LogP contribution in [-0.2, 0) is 0 Å². The number of hydrogen-bond acceptors (Lipinski definition) is 4. The first-order chi connectivity index (χ1) is 9.62. The fraction of sp³-hybridized carbons (Fsp3) is 0.600. The van der Waals surface area contributed by atoms with Crippen molar-refractivity contribution in [3.63, 3.8) is 0 Å². The molecule has 5 nitrogen and oxygen atoms in total. The Hall–Kier alpha value is -1.62. The van der Waals surface area contributed by atoms with Crippen molar-refractivity contribution in [3.05, 3.63) is 24.0 Å². The Morgan fingerprint density at radius 2 is 2.05 bits per heavy atom. The van der Waals surface area contributed by atoms with Crippen LogP contribution in [0.4, 0.5) is 5.69 Å². The van der Waals surface area contributed by atoms with Gasteiger partial charge in [0.25, 0.3) is 5.91 Å². The molecule has 4 N–H and O–H groups in total. The van der Waals surface area contributed by atoms with Crippen molar-refractivity contribution in [3.8, 4) is 0 Å². The molecule has 112 valence electrons. The van der Waals surface area contributed by atoms with Crippen LogP contribution in [0.2, 0.25) is 0 Å². The molecule has 5 heteroatoms. The fourth-order valence-corrected chi connectivity index (χ4v) is 2.21. The number of nitrogens with one attached hydrogen (secondary N) is 2. The van der Waals surface area contributed by atoms with Crippen LogP contribution in [0.15, 0.2) is 18.3 Å². The van der Waals surface area contributed by atoms with E-state index in [-0.39, 0.29) is 11.9 Å². The number of rotatable bonds is 8. The van der Waals surface area contributed by atoms with E-state index in [1.165, 1.54) is 0 Å². The van der Waals surface area contributed by atoms with Gasteiger partial charge in [-0.2, -0.15) is 0 Å². The minimum Gasteiger partial charge on any atom is -0.383 e. The van der Waals surface area contributed by atoms with Gasteiger partial charge in [0.05, 0.1) is 0 Å². The predicted octanol–water partition coefficient (Wildman–Crippen LogP) is 2.01. The topological polar surface area (TPSA) is 80.0 Å². The van der Waals surface area contributed by atoms with Crippen LogP contribution in [0.1, 0.15) is 44.1 Å². The van der Waals surface area contributed by atoms with Gasteiger partial charge in [0, 0.05) is 31.0 Å². The number of amides is 1. The van der Waals surface area contributed by atoms with Gasteiger partial charge >= 0.3 is 0 Å². The van der Waals surface area contributed by atoms with Gasteiger partial charge < -0.3 is 16.4 Å². The summed E-state index contributed by atoms with van der Waals surface area (Å²) in [4.78, 5) is 15.8. The summed E-state index contributed by atoms with van der Waals surface area (Å²) in [5, 5.41) is 6.02. The molecule has 0 aliphatic rings. The van der Waals surface area contributed by atoms with Crippen molar-refractivity contribution in [2.45, 2.75) is 39.7 Å². The van der Waals surface area contributed by atoms with Crippen LogP contribution in [0.5, 0.6) is 0 Å². The zero-order valence-electron chi connectivity index (χ0n) is 12.6. The van der Waals surface area contributed by atoms with Crippen LogP contribution in [-0.4, -0.2) is 30.0 Å². The van der Waals surface area contributed by atoms with Crippen LogP contribution in [0.3, 0.4) is 0 Å². The molecule has 1 atom stereocenters. The van der Waals surface area contributed by atoms with Gasteiger partial charge in [0.1, 0.15) is 5.69 Å².